The Labute approximate surface area is 242 Å². The molecule has 1 heterocycles. The van der Waals surface area contributed by atoms with Crippen molar-refractivity contribution in [3.8, 4) is 11.4 Å². The van der Waals surface area contributed by atoms with Gasteiger partial charge < -0.3 is 15.4 Å². The van der Waals surface area contributed by atoms with Crippen molar-refractivity contribution in [1.29, 1.82) is 0 Å². The zero-order chi connectivity index (χ0) is 27.9. The van der Waals surface area contributed by atoms with Gasteiger partial charge in [0.1, 0.15) is 11.6 Å². The van der Waals surface area contributed by atoms with Crippen LogP contribution in [0, 0.1) is 5.82 Å². The summed E-state index contributed by atoms with van der Waals surface area (Å²) in [6, 6.07) is 15.9. The fraction of sp³-hybridized carbons (Fsp3) is 0.154. The Bertz CT molecular complexity index is 1480. The molecule has 0 atom stereocenters. The molecule has 0 spiro atoms. The average Bonchev–Trinajstić information content (AvgIpc) is 3.32. The maximum absolute atomic E-state index is 14.2. The van der Waals surface area contributed by atoms with Gasteiger partial charge in [-0.05, 0) is 61.5 Å². The van der Waals surface area contributed by atoms with Gasteiger partial charge in [0.05, 0.1) is 45.2 Å². The number of carbonyl (C=O) groups excluding carboxylic acids is 2. The predicted molar refractivity (Wildman–Crippen MR) is 151 cm³/mol. The molecule has 0 aliphatic rings. The first-order valence-corrected chi connectivity index (χ1v) is 13.7. The van der Waals surface area contributed by atoms with Gasteiger partial charge in [0.25, 0.3) is 5.91 Å². The first-order valence-electron chi connectivity index (χ1n) is 11.5. The Hall–Kier alpha value is -3.31. The van der Waals surface area contributed by atoms with Crippen LogP contribution < -0.4 is 15.4 Å². The Morgan fingerprint density at radius 1 is 1.00 bits per heavy atom. The van der Waals surface area contributed by atoms with Crippen LogP contribution in [0.5, 0.6) is 5.75 Å². The number of thioether (sulfide) groups is 1. The molecule has 4 aromatic rings. The zero-order valence-corrected chi connectivity index (χ0v) is 23.5. The third-order valence-electron chi connectivity index (χ3n) is 5.24. The lowest BCUT2D eigenvalue weighted by molar-refractivity contribution is -0.113. The van der Waals surface area contributed by atoms with E-state index >= 15 is 0 Å². The molecule has 4 rings (SSSR count). The van der Waals surface area contributed by atoms with Crippen molar-refractivity contribution in [2.75, 3.05) is 17.7 Å². The SMILES string of the molecule is CCOc1ccc(NC(=O)CSc2nnc(CNC(=O)c3c(F)cccc3Cl)n2-c2ccc(Cl)c(Cl)c2)cc1. The van der Waals surface area contributed by atoms with E-state index in [2.05, 4.69) is 20.8 Å². The summed E-state index contributed by atoms with van der Waals surface area (Å²) in [7, 11) is 0. The lowest BCUT2D eigenvalue weighted by Crippen LogP contribution is -2.26. The van der Waals surface area contributed by atoms with Crippen molar-refractivity contribution in [1.82, 2.24) is 20.1 Å². The van der Waals surface area contributed by atoms with E-state index in [1.54, 1.807) is 47.0 Å². The fourth-order valence-corrected chi connectivity index (χ4v) is 4.79. The lowest BCUT2D eigenvalue weighted by atomic mass is 10.2. The van der Waals surface area contributed by atoms with Gasteiger partial charge >= 0.3 is 0 Å². The van der Waals surface area contributed by atoms with Crippen LogP contribution in [-0.2, 0) is 11.3 Å². The minimum atomic E-state index is -0.749. The highest BCUT2D eigenvalue weighted by molar-refractivity contribution is 7.99. The second-order valence-corrected chi connectivity index (χ2v) is 10.1. The quantitative estimate of drug-likeness (QED) is 0.202. The van der Waals surface area contributed by atoms with Gasteiger partial charge in [0.15, 0.2) is 11.0 Å². The second kappa shape index (κ2) is 13.2. The summed E-state index contributed by atoms with van der Waals surface area (Å²) >= 11 is 19.5. The van der Waals surface area contributed by atoms with Gasteiger partial charge in [0.2, 0.25) is 5.91 Å². The maximum atomic E-state index is 14.2. The smallest absolute Gasteiger partial charge is 0.256 e. The van der Waals surface area contributed by atoms with Crippen molar-refractivity contribution >= 4 is 64.1 Å². The molecule has 2 N–H and O–H groups in total. The second-order valence-electron chi connectivity index (χ2n) is 7.91. The molecule has 0 unspecified atom stereocenters. The summed E-state index contributed by atoms with van der Waals surface area (Å²) < 4.78 is 21.2. The summed E-state index contributed by atoms with van der Waals surface area (Å²) in [5.74, 6) is -0.701. The first kappa shape index (κ1) is 28.7. The Morgan fingerprint density at radius 3 is 2.46 bits per heavy atom. The van der Waals surface area contributed by atoms with Crippen molar-refractivity contribution in [3.63, 3.8) is 0 Å². The van der Waals surface area contributed by atoms with Crippen LogP contribution in [0.1, 0.15) is 23.1 Å². The highest BCUT2D eigenvalue weighted by Crippen LogP contribution is 2.28. The number of benzene rings is 3. The fourth-order valence-electron chi connectivity index (χ4n) is 3.48. The summed E-state index contributed by atoms with van der Waals surface area (Å²) in [5, 5.41) is 14.8. The molecule has 0 fully saturated rings. The highest BCUT2D eigenvalue weighted by Gasteiger charge is 2.20. The molecule has 202 valence electrons. The van der Waals surface area contributed by atoms with Crippen molar-refractivity contribution in [2.45, 2.75) is 18.6 Å². The Kier molecular flexibility index (Phi) is 9.68. The molecule has 1 aromatic heterocycles. The third-order valence-corrected chi connectivity index (χ3v) is 7.22. The summed E-state index contributed by atoms with van der Waals surface area (Å²) in [6.07, 6.45) is 0. The summed E-state index contributed by atoms with van der Waals surface area (Å²) in [5.41, 5.74) is 0.891. The molecule has 0 aliphatic heterocycles. The molecule has 13 heteroatoms. The normalized spacial score (nSPS) is 10.8. The van der Waals surface area contributed by atoms with Gasteiger partial charge in [-0.25, -0.2) is 4.39 Å². The highest BCUT2D eigenvalue weighted by atomic mass is 35.5. The van der Waals surface area contributed by atoms with Crippen LogP contribution in [0.2, 0.25) is 15.1 Å². The molecule has 2 amide bonds. The predicted octanol–water partition coefficient (Wildman–Crippen LogP) is 6.43. The van der Waals surface area contributed by atoms with E-state index < -0.39 is 11.7 Å². The van der Waals surface area contributed by atoms with E-state index in [-0.39, 0.29) is 28.8 Å². The maximum Gasteiger partial charge on any atom is 0.256 e. The molecule has 0 aliphatic carbocycles. The number of anilines is 1. The van der Waals surface area contributed by atoms with Gasteiger partial charge in [-0.2, -0.15) is 0 Å². The number of aromatic nitrogens is 3. The topological polar surface area (TPSA) is 98.1 Å². The average molecular weight is 609 g/mol. The molecular formula is C26H21Cl3FN5O3S. The minimum Gasteiger partial charge on any atom is -0.494 e. The largest absolute Gasteiger partial charge is 0.494 e. The van der Waals surface area contributed by atoms with Crippen LogP contribution in [0.3, 0.4) is 0 Å². The number of amides is 2. The number of rotatable bonds is 10. The molecule has 0 saturated heterocycles. The molecule has 0 bridgehead atoms. The molecule has 8 nitrogen and oxygen atoms in total. The number of hydrogen-bond acceptors (Lipinski definition) is 6. The van der Waals surface area contributed by atoms with E-state index in [1.807, 2.05) is 6.92 Å². The van der Waals surface area contributed by atoms with Gasteiger partial charge in [-0.1, -0.05) is 52.6 Å². The number of nitrogens with zero attached hydrogens (tertiary/aromatic N) is 3. The van der Waals surface area contributed by atoms with Crippen molar-refractivity contribution in [3.05, 3.63) is 92.9 Å². The number of halogens is 4. The van der Waals surface area contributed by atoms with Crippen LogP contribution in [0.15, 0.2) is 65.8 Å². The van der Waals surface area contributed by atoms with Crippen LogP contribution in [-0.4, -0.2) is 38.9 Å². The number of nitrogens with one attached hydrogen (secondary N) is 2. The third kappa shape index (κ3) is 7.21. The minimum absolute atomic E-state index is 0.0177. The first-order chi connectivity index (χ1) is 18.8. The Morgan fingerprint density at radius 2 is 1.77 bits per heavy atom. The van der Waals surface area contributed by atoms with Crippen LogP contribution in [0.25, 0.3) is 5.69 Å². The molecule has 39 heavy (non-hydrogen) atoms. The molecule has 3 aromatic carbocycles. The van der Waals surface area contributed by atoms with Crippen molar-refractivity contribution in [2.24, 2.45) is 0 Å². The number of carbonyl (C=O) groups is 2. The van der Waals surface area contributed by atoms with Gasteiger partial charge in [0, 0.05) is 5.69 Å². The van der Waals surface area contributed by atoms with E-state index in [9.17, 15) is 14.0 Å². The van der Waals surface area contributed by atoms with Gasteiger partial charge in [-0.3, -0.25) is 14.2 Å². The van der Waals surface area contributed by atoms with Gasteiger partial charge in [-0.15, -0.1) is 10.2 Å². The number of ether oxygens (including phenoxy) is 1. The van der Waals surface area contributed by atoms with E-state index in [1.165, 1.54) is 12.1 Å². The van der Waals surface area contributed by atoms with Crippen LogP contribution >= 0.6 is 46.6 Å². The van der Waals surface area contributed by atoms with E-state index in [0.29, 0.717) is 44.8 Å². The molecule has 0 saturated carbocycles. The summed E-state index contributed by atoms with van der Waals surface area (Å²) in [4.78, 5) is 25.3. The van der Waals surface area contributed by atoms with Crippen molar-refractivity contribution < 1.29 is 18.7 Å². The Balaban J connectivity index is 1.51. The monoisotopic (exact) mass is 607 g/mol. The molecule has 0 radical (unpaired) electrons. The van der Waals surface area contributed by atoms with Crippen LogP contribution in [0.4, 0.5) is 10.1 Å². The lowest BCUT2D eigenvalue weighted by Gasteiger charge is -2.12. The zero-order valence-electron chi connectivity index (χ0n) is 20.4. The van der Waals surface area contributed by atoms with E-state index in [4.69, 9.17) is 39.5 Å². The standard InChI is InChI=1S/C26H21Cl3FN5O3S/c1-2-38-17-9-6-15(7-10-17)32-23(36)14-39-26-34-33-22(35(26)16-8-11-18(27)20(29)12-16)13-31-25(37)24-19(28)4-3-5-21(24)30/h3-12H,2,13-14H2,1H3,(H,31,37)(H,32,36). The molecular weight excluding hydrogens is 588 g/mol. The summed E-state index contributed by atoms with van der Waals surface area (Å²) in [6.45, 7) is 2.32. The van der Waals surface area contributed by atoms with E-state index in [0.717, 1.165) is 17.8 Å². The number of hydrogen-bond donors (Lipinski definition) is 2.